The molecule has 0 heterocycles. The van der Waals surface area contributed by atoms with Crippen molar-refractivity contribution in [1.29, 1.82) is 0 Å². The summed E-state index contributed by atoms with van der Waals surface area (Å²) in [5.41, 5.74) is 0. The van der Waals surface area contributed by atoms with Gasteiger partial charge in [0.05, 0.1) is 0 Å². The monoisotopic (exact) mass is 325 g/mol. The zero-order valence-corrected chi connectivity index (χ0v) is 6.01. The van der Waals surface area contributed by atoms with Gasteiger partial charge in [0.2, 0.25) is 0 Å². The van der Waals surface area contributed by atoms with Crippen LogP contribution in [0.1, 0.15) is 0 Å². The van der Waals surface area contributed by atoms with Crippen LogP contribution in [0.3, 0.4) is 0 Å². The molecule has 0 rings (SSSR count). The molecule has 0 saturated carbocycles. The standard InChI is InChI=1S/H2O3Se.Pt/c1-4(2)3;/h(H2,1,2,3);. The van der Waals surface area contributed by atoms with Gasteiger partial charge in [-0.15, -0.1) is 0 Å². The van der Waals surface area contributed by atoms with Gasteiger partial charge in [-0.3, -0.25) is 0 Å². The molecule has 0 unspecified atom stereocenters. The summed E-state index contributed by atoms with van der Waals surface area (Å²) in [4.78, 5) is 0. The molecule has 0 aliphatic carbocycles. The Morgan fingerprint density at radius 2 is 1.40 bits per heavy atom. The van der Waals surface area contributed by atoms with Crippen LogP contribution >= 0.6 is 0 Å². The third kappa shape index (κ3) is 49.1. The largest absolute Gasteiger partial charge is 0 e. The fourth-order valence-corrected chi connectivity index (χ4v) is 0. The molecule has 0 spiro atoms. The topological polar surface area (TPSA) is 57.5 Å². The van der Waals surface area contributed by atoms with Crippen LogP contribution in [0.4, 0.5) is 0 Å². The average molecular weight is 324 g/mol. The van der Waals surface area contributed by atoms with E-state index in [9.17, 15) is 0 Å². The predicted molar refractivity (Wildman–Crippen MR) is 10.9 cm³/mol. The van der Waals surface area contributed by atoms with E-state index in [1.165, 1.54) is 0 Å². The molecule has 0 aliphatic rings. The summed E-state index contributed by atoms with van der Waals surface area (Å²) in [6.07, 6.45) is 0. The molecular formula is H2O3PtSe. The second-order valence-electron chi connectivity index (χ2n) is 0.231. The second kappa shape index (κ2) is 4.93. The average Bonchev–Trinajstić information content (AvgIpc) is 0.811. The molecule has 0 aliphatic heterocycles. The van der Waals surface area contributed by atoms with Gasteiger partial charge in [0.15, 0.2) is 0 Å². The molecular weight excluding hydrogens is 322 g/mol. The molecule has 0 atom stereocenters. The van der Waals surface area contributed by atoms with Gasteiger partial charge in [-0.2, -0.15) is 0 Å². The molecule has 5 heavy (non-hydrogen) atoms. The van der Waals surface area contributed by atoms with Crippen LogP contribution in [0.15, 0.2) is 0 Å². The van der Waals surface area contributed by atoms with Gasteiger partial charge >= 0.3 is 26.7 Å². The smallest absolute Gasteiger partial charge is 0 e. The summed E-state index contributed by atoms with van der Waals surface area (Å²) in [6, 6.07) is 0. The van der Waals surface area contributed by atoms with Crippen LogP contribution in [0.5, 0.6) is 0 Å². The van der Waals surface area contributed by atoms with Crippen molar-refractivity contribution in [3.8, 4) is 0 Å². The molecule has 0 radical (unpaired) electrons. The molecule has 36 valence electrons. The molecule has 0 amide bonds. The fraction of sp³-hybridized carbons (Fsp3) is 0. The maximum Gasteiger partial charge on any atom is 0 e. The first-order valence-corrected chi connectivity index (χ1v) is 2.76. The third-order valence-electron chi connectivity index (χ3n) is 0. The van der Waals surface area contributed by atoms with Crippen LogP contribution in [-0.2, 0) is 24.9 Å². The van der Waals surface area contributed by atoms with E-state index in [2.05, 4.69) is 0 Å². The van der Waals surface area contributed by atoms with Gasteiger partial charge in [-0.05, 0) is 0 Å². The van der Waals surface area contributed by atoms with Crippen LogP contribution < -0.4 is 0 Å². The van der Waals surface area contributed by atoms with Crippen molar-refractivity contribution in [2.24, 2.45) is 0 Å². The van der Waals surface area contributed by atoms with Gasteiger partial charge in [0.25, 0.3) is 0 Å². The summed E-state index contributed by atoms with van der Waals surface area (Å²) in [6.45, 7) is 0. The van der Waals surface area contributed by atoms with Crippen LogP contribution in [0, 0.1) is 0 Å². The molecule has 3 nitrogen and oxygen atoms in total. The SMILES string of the molecule is O=[Se](O)O.[Pt]. The van der Waals surface area contributed by atoms with Gasteiger partial charge < -0.3 is 0 Å². The van der Waals surface area contributed by atoms with Crippen molar-refractivity contribution in [2.75, 3.05) is 0 Å². The van der Waals surface area contributed by atoms with Crippen LogP contribution in [-0.4, -0.2) is 22.9 Å². The van der Waals surface area contributed by atoms with Gasteiger partial charge in [-0.1, -0.05) is 0 Å². The zero-order chi connectivity index (χ0) is 3.58. The summed E-state index contributed by atoms with van der Waals surface area (Å²) in [5, 5.41) is 0. The Kier molecular flexibility index (Phi) is 9.20. The Morgan fingerprint density at radius 1 is 1.40 bits per heavy atom. The third-order valence-corrected chi connectivity index (χ3v) is 0. The minimum atomic E-state index is -3.29. The maximum atomic E-state index is 8.76. The van der Waals surface area contributed by atoms with E-state index in [0.29, 0.717) is 0 Å². The Hall–Kier alpha value is 0.928. The first kappa shape index (κ1) is 9.33. The van der Waals surface area contributed by atoms with Crippen molar-refractivity contribution in [1.82, 2.24) is 0 Å². The zero-order valence-electron chi connectivity index (χ0n) is 2.03. The maximum absolute atomic E-state index is 8.76. The normalized spacial score (nSPS) is 7.00. The van der Waals surface area contributed by atoms with Crippen LogP contribution in [0.25, 0.3) is 0 Å². The van der Waals surface area contributed by atoms with Gasteiger partial charge in [-0.25, -0.2) is 0 Å². The van der Waals surface area contributed by atoms with Crippen molar-refractivity contribution >= 4 is 14.5 Å². The Morgan fingerprint density at radius 3 is 1.40 bits per heavy atom. The Labute approximate surface area is 48.0 Å². The first-order valence-electron chi connectivity index (χ1n) is 0.532. The molecule has 0 aromatic rings. The minimum absolute atomic E-state index is 0. The van der Waals surface area contributed by atoms with E-state index in [1.54, 1.807) is 0 Å². The minimum Gasteiger partial charge on any atom is 0 e. The summed E-state index contributed by atoms with van der Waals surface area (Å²) >= 11 is -3.29. The Bertz CT molecular complexity index is 29.9. The first-order chi connectivity index (χ1) is 1.73. The molecule has 0 saturated heterocycles. The van der Waals surface area contributed by atoms with Crippen molar-refractivity contribution in [2.45, 2.75) is 0 Å². The van der Waals surface area contributed by atoms with E-state index in [1.807, 2.05) is 0 Å². The Balaban J connectivity index is 0. The van der Waals surface area contributed by atoms with Crippen molar-refractivity contribution in [3.63, 3.8) is 0 Å². The van der Waals surface area contributed by atoms with E-state index in [0.717, 1.165) is 0 Å². The fourth-order valence-electron chi connectivity index (χ4n) is 0. The number of rotatable bonds is 0. The summed E-state index contributed by atoms with van der Waals surface area (Å²) in [7, 11) is 0. The molecule has 2 N–H and O–H groups in total. The van der Waals surface area contributed by atoms with E-state index in [4.69, 9.17) is 12.2 Å². The van der Waals surface area contributed by atoms with Gasteiger partial charge in [0, 0.05) is 21.1 Å². The molecule has 0 aromatic heterocycles. The second-order valence-corrected chi connectivity index (χ2v) is 1.20. The van der Waals surface area contributed by atoms with Crippen molar-refractivity contribution < 1.29 is 33.3 Å². The van der Waals surface area contributed by atoms with E-state index >= 15 is 0 Å². The van der Waals surface area contributed by atoms with Crippen molar-refractivity contribution in [3.05, 3.63) is 0 Å². The summed E-state index contributed by atoms with van der Waals surface area (Å²) < 4.78 is 23.1. The molecule has 0 bridgehead atoms. The van der Waals surface area contributed by atoms with Gasteiger partial charge in [0.1, 0.15) is 0 Å². The molecule has 5 heteroatoms. The van der Waals surface area contributed by atoms with E-state index in [-0.39, 0.29) is 21.1 Å². The van der Waals surface area contributed by atoms with Crippen LogP contribution in [0.2, 0.25) is 0 Å². The summed E-state index contributed by atoms with van der Waals surface area (Å²) in [5.74, 6) is 0. The van der Waals surface area contributed by atoms with E-state index < -0.39 is 14.5 Å². The molecule has 0 fully saturated rings. The predicted octanol–water partition coefficient (Wildman–Crippen LogP) is -1.62. The quantitative estimate of drug-likeness (QED) is 0.527. The number of hydrogen-bond acceptors (Lipinski definition) is 1. The number of hydrogen-bond donors (Lipinski definition) is 2. The molecule has 0 aromatic carbocycles.